The molecule has 0 saturated heterocycles. The summed E-state index contributed by atoms with van der Waals surface area (Å²) in [7, 11) is 0. The van der Waals surface area contributed by atoms with Crippen LogP contribution < -0.4 is 11.4 Å². The van der Waals surface area contributed by atoms with Crippen molar-refractivity contribution in [3.8, 4) is 16.9 Å². The Kier molecular flexibility index (Phi) is 4.69. The second kappa shape index (κ2) is 7.74. The van der Waals surface area contributed by atoms with Crippen LogP contribution in [0.4, 0.5) is 0 Å². The largest absolute Gasteiger partial charge is 0.379 e. The number of benzene rings is 1. The molecule has 8 heteroatoms. The van der Waals surface area contributed by atoms with E-state index in [9.17, 15) is 4.79 Å². The maximum absolute atomic E-state index is 13.1. The molecular weight excluding hydrogens is 432 g/mol. The number of aromatic nitrogens is 4. The topological polar surface area (TPSA) is 108 Å². The fourth-order valence-electron chi connectivity index (χ4n) is 5.22. The van der Waals surface area contributed by atoms with E-state index in [1.807, 2.05) is 42.7 Å². The van der Waals surface area contributed by atoms with E-state index in [4.69, 9.17) is 11.1 Å². The fraction of sp³-hybridized carbons (Fsp3) is 0.200. The van der Waals surface area contributed by atoms with Gasteiger partial charge in [0.1, 0.15) is 0 Å². The number of para-hydroxylation sites is 1. The molecule has 5 aromatic rings. The van der Waals surface area contributed by atoms with Crippen LogP contribution in [0.25, 0.3) is 33.4 Å². The minimum atomic E-state index is -0.154. The quantitative estimate of drug-likeness (QED) is 0.239. The molecular formula is C25H24N6OS. The number of nitrogens with one attached hydrogen (secondary N) is 3. The number of nitrogens with two attached hydrogens (primary N) is 1. The van der Waals surface area contributed by atoms with Gasteiger partial charge in [0.25, 0.3) is 0 Å². The smallest absolute Gasteiger partial charge is 0.330 e. The standard InChI is InChI=1S/C25H24N6OS/c26-24(27)33-14-15-8-9-19-17(11-15)23(20-7-3-4-10-30(19)20)22-13-29-25(32)31(22)21-12-28-18-6-2-1-5-16(18)21/h1-7,10,12-13,15,28H,8-9,11,14H2,(H3,26,27)(H,29,32). The number of thioether (sulfide) groups is 1. The Bertz CT molecular complexity index is 1570. The number of nitrogens with zero attached hydrogens (tertiary/aromatic N) is 2. The first kappa shape index (κ1) is 20.0. The molecule has 0 saturated carbocycles. The van der Waals surface area contributed by atoms with Gasteiger partial charge in [0.15, 0.2) is 5.17 Å². The number of aromatic amines is 2. The summed E-state index contributed by atoms with van der Waals surface area (Å²) < 4.78 is 4.06. The average molecular weight is 457 g/mol. The zero-order valence-electron chi connectivity index (χ0n) is 18.0. The number of rotatable bonds is 4. The third kappa shape index (κ3) is 3.21. The van der Waals surface area contributed by atoms with Gasteiger partial charge in [-0.15, -0.1) is 0 Å². The third-order valence-electron chi connectivity index (χ3n) is 6.65. The Labute approximate surface area is 194 Å². The number of pyridine rings is 1. The normalized spacial score (nSPS) is 15.8. The van der Waals surface area contributed by atoms with Crippen molar-refractivity contribution in [3.63, 3.8) is 0 Å². The molecule has 0 fully saturated rings. The molecule has 33 heavy (non-hydrogen) atoms. The van der Waals surface area contributed by atoms with E-state index in [0.29, 0.717) is 5.92 Å². The highest BCUT2D eigenvalue weighted by Crippen LogP contribution is 2.40. The summed E-state index contributed by atoms with van der Waals surface area (Å²) in [5.74, 6) is 1.28. The molecule has 5 N–H and O–H groups in total. The monoisotopic (exact) mass is 456 g/mol. The Morgan fingerprint density at radius 2 is 2.00 bits per heavy atom. The molecule has 1 unspecified atom stereocenters. The lowest BCUT2D eigenvalue weighted by molar-refractivity contribution is 0.504. The molecule has 1 aliphatic rings. The molecule has 4 aromatic heterocycles. The first-order valence-electron chi connectivity index (χ1n) is 11.1. The summed E-state index contributed by atoms with van der Waals surface area (Å²) in [4.78, 5) is 19.3. The number of aryl methyl sites for hydroxylation is 1. The number of hydrogen-bond donors (Lipinski definition) is 4. The summed E-state index contributed by atoms with van der Waals surface area (Å²) in [6, 6.07) is 14.3. The van der Waals surface area contributed by atoms with Gasteiger partial charge in [-0.05, 0) is 48.9 Å². The summed E-state index contributed by atoms with van der Waals surface area (Å²) in [6.07, 6.45) is 8.78. The van der Waals surface area contributed by atoms with Crippen LogP contribution in [0, 0.1) is 11.3 Å². The van der Waals surface area contributed by atoms with Gasteiger partial charge in [-0.3, -0.25) is 9.98 Å². The molecule has 7 nitrogen and oxygen atoms in total. The molecule has 0 amide bonds. The molecule has 6 rings (SSSR count). The predicted octanol–water partition coefficient (Wildman–Crippen LogP) is 4.30. The highest BCUT2D eigenvalue weighted by Gasteiger charge is 2.29. The molecule has 1 atom stereocenters. The number of amidine groups is 1. The molecule has 1 aromatic carbocycles. The lowest BCUT2D eigenvalue weighted by Crippen LogP contribution is -2.19. The Morgan fingerprint density at radius 1 is 1.15 bits per heavy atom. The van der Waals surface area contributed by atoms with Crippen molar-refractivity contribution in [2.24, 2.45) is 11.7 Å². The van der Waals surface area contributed by atoms with E-state index in [0.717, 1.165) is 58.4 Å². The summed E-state index contributed by atoms with van der Waals surface area (Å²) >= 11 is 1.42. The van der Waals surface area contributed by atoms with Crippen molar-refractivity contribution >= 4 is 33.3 Å². The highest BCUT2D eigenvalue weighted by molar-refractivity contribution is 8.13. The van der Waals surface area contributed by atoms with E-state index < -0.39 is 0 Å². The summed E-state index contributed by atoms with van der Waals surface area (Å²) in [6.45, 7) is 0. The molecule has 0 aliphatic heterocycles. The third-order valence-corrected chi connectivity index (χ3v) is 7.60. The van der Waals surface area contributed by atoms with E-state index in [1.165, 1.54) is 23.0 Å². The number of fused-ring (bicyclic) bond motifs is 4. The second-order valence-corrected chi connectivity index (χ2v) is 9.64. The van der Waals surface area contributed by atoms with E-state index in [1.54, 1.807) is 4.57 Å². The zero-order valence-corrected chi connectivity index (χ0v) is 18.8. The summed E-state index contributed by atoms with van der Waals surface area (Å²) in [5, 5.41) is 8.77. The van der Waals surface area contributed by atoms with Crippen LogP contribution in [-0.4, -0.2) is 29.9 Å². The Morgan fingerprint density at radius 3 is 2.88 bits per heavy atom. The lowest BCUT2D eigenvalue weighted by atomic mass is 9.86. The first-order chi connectivity index (χ1) is 16.1. The maximum atomic E-state index is 13.1. The van der Waals surface area contributed by atoms with Crippen molar-refractivity contribution in [3.05, 3.63) is 82.8 Å². The first-order valence-corrected chi connectivity index (χ1v) is 12.1. The van der Waals surface area contributed by atoms with Gasteiger partial charge < -0.3 is 20.1 Å². The molecule has 0 radical (unpaired) electrons. The lowest BCUT2D eigenvalue weighted by Gasteiger charge is -2.23. The molecule has 0 bridgehead atoms. The second-order valence-electron chi connectivity index (χ2n) is 8.57. The van der Waals surface area contributed by atoms with E-state index >= 15 is 0 Å². The van der Waals surface area contributed by atoms with Crippen LogP contribution in [0.5, 0.6) is 0 Å². The van der Waals surface area contributed by atoms with Crippen molar-refractivity contribution < 1.29 is 0 Å². The SMILES string of the molecule is N=C(N)SCC1CCc2c(c(-c3c[nH]c(=O)n3-c3c[nH]c4ccccc34)c3ccccn23)C1. The molecule has 0 spiro atoms. The van der Waals surface area contributed by atoms with E-state index in [-0.39, 0.29) is 10.9 Å². The van der Waals surface area contributed by atoms with Crippen molar-refractivity contribution in [1.82, 2.24) is 18.9 Å². The number of hydrogen-bond acceptors (Lipinski definition) is 3. The van der Waals surface area contributed by atoms with Gasteiger partial charge in [0.2, 0.25) is 0 Å². The zero-order chi connectivity index (χ0) is 22.5. The molecule has 4 heterocycles. The van der Waals surface area contributed by atoms with Crippen LogP contribution in [0.15, 0.2) is 65.8 Å². The van der Waals surface area contributed by atoms with Crippen LogP contribution in [0.1, 0.15) is 17.7 Å². The number of H-pyrrole nitrogens is 2. The summed E-state index contributed by atoms with van der Waals surface area (Å²) in [5.41, 5.74) is 13.0. The van der Waals surface area contributed by atoms with Crippen molar-refractivity contribution in [2.45, 2.75) is 19.3 Å². The van der Waals surface area contributed by atoms with Crippen LogP contribution in [0.2, 0.25) is 0 Å². The average Bonchev–Trinajstić information content (AvgIpc) is 3.50. The van der Waals surface area contributed by atoms with Gasteiger partial charge in [0, 0.05) is 46.5 Å². The Hall–Kier alpha value is -3.65. The van der Waals surface area contributed by atoms with Gasteiger partial charge in [0.05, 0.1) is 16.9 Å². The maximum Gasteiger partial charge on any atom is 0.330 e. The minimum Gasteiger partial charge on any atom is -0.379 e. The highest BCUT2D eigenvalue weighted by atomic mass is 32.2. The van der Waals surface area contributed by atoms with Crippen molar-refractivity contribution in [1.29, 1.82) is 5.41 Å². The molecule has 166 valence electrons. The Balaban J connectivity index is 1.56. The van der Waals surface area contributed by atoms with Crippen LogP contribution in [0.3, 0.4) is 0 Å². The van der Waals surface area contributed by atoms with Crippen LogP contribution in [-0.2, 0) is 12.8 Å². The van der Waals surface area contributed by atoms with Gasteiger partial charge in [-0.2, -0.15) is 0 Å². The van der Waals surface area contributed by atoms with Crippen LogP contribution >= 0.6 is 11.8 Å². The fourth-order valence-corrected chi connectivity index (χ4v) is 5.92. The van der Waals surface area contributed by atoms with Crippen molar-refractivity contribution in [2.75, 3.05) is 5.75 Å². The van der Waals surface area contributed by atoms with E-state index in [2.05, 4.69) is 32.7 Å². The number of imidazole rings is 1. The van der Waals surface area contributed by atoms with Gasteiger partial charge >= 0.3 is 5.69 Å². The predicted molar refractivity (Wildman–Crippen MR) is 135 cm³/mol. The van der Waals surface area contributed by atoms with Gasteiger partial charge in [-0.25, -0.2) is 4.79 Å². The van der Waals surface area contributed by atoms with Gasteiger partial charge in [-0.1, -0.05) is 36.0 Å². The minimum absolute atomic E-state index is 0.154. The molecule has 1 aliphatic carbocycles.